The average Bonchev–Trinajstić information content (AvgIpc) is 2.38. The van der Waals surface area contributed by atoms with E-state index in [0.717, 1.165) is 12.6 Å². The van der Waals surface area contributed by atoms with Gasteiger partial charge in [0.2, 0.25) is 10.0 Å². The first-order valence-electron chi connectivity index (χ1n) is 6.59. The number of nitrogen functional groups attached to an aromatic ring is 1. The molecule has 0 aliphatic rings. The fourth-order valence-electron chi connectivity index (χ4n) is 1.65. The molecule has 1 rings (SSSR count). The molecule has 120 valence electrons. The van der Waals surface area contributed by atoms with E-state index in [4.69, 9.17) is 17.3 Å². The van der Waals surface area contributed by atoms with Gasteiger partial charge in [0.05, 0.1) is 5.02 Å². The second kappa shape index (κ2) is 7.40. The van der Waals surface area contributed by atoms with E-state index in [9.17, 15) is 12.8 Å². The van der Waals surface area contributed by atoms with Gasteiger partial charge in [-0.1, -0.05) is 11.6 Å². The zero-order chi connectivity index (χ0) is 16.2. The van der Waals surface area contributed by atoms with Gasteiger partial charge >= 0.3 is 0 Å². The van der Waals surface area contributed by atoms with Crippen LogP contribution < -0.4 is 10.5 Å². The minimum atomic E-state index is -3.96. The SMILES string of the molecule is CC(C)N(C)CCCNS(=O)(=O)c1cc(N)cc(Cl)c1F. The summed E-state index contributed by atoms with van der Waals surface area (Å²) in [6, 6.07) is 2.61. The molecule has 0 spiro atoms. The predicted molar refractivity (Wildman–Crippen MR) is 83.4 cm³/mol. The van der Waals surface area contributed by atoms with Crippen molar-refractivity contribution in [1.29, 1.82) is 0 Å². The topological polar surface area (TPSA) is 75.4 Å². The van der Waals surface area contributed by atoms with Crippen molar-refractivity contribution >= 4 is 27.3 Å². The first-order chi connectivity index (χ1) is 9.65. The maximum absolute atomic E-state index is 13.8. The van der Waals surface area contributed by atoms with E-state index < -0.39 is 20.7 Å². The first kappa shape index (κ1) is 18.2. The molecule has 0 amide bonds. The summed E-state index contributed by atoms with van der Waals surface area (Å²) >= 11 is 5.61. The Hall–Kier alpha value is -0.890. The number of halogens is 2. The zero-order valence-electron chi connectivity index (χ0n) is 12.4. The second-order valence-corrected chi connectivity index (χ2v) is 7.28. The van der Waals surface area contributed by atoms with Crippen LogP contribution in [0.1, 0.15) is 20.3 Å². The highest BCUT2D eigenvalue weighted by Crippen LogP contribution is 2.25. The van der Waals surface area contributed by atoms with Crippen molar-refractivity contribution in [2.45, 2.75) is 31.2 Å². The van der Waals surface area contributed by atoms with Crippen LogP contribution in [0.25, 0.3) is 0 Å². The molecule has 0 atom stereocenters. The van der Waals surface area contributed by atoms with Gasteiger partial charge in [-0.15, -0.1) is 0 Å². The summed E-state index contributed by atoms with van der Waals surface area (Å²) in [5, 5.41) is -0.310. The standard InChI is InChI=1S/C13H21ClFN3O2S/c1-9(2)18(3)6-4-5-17-21(19,20)12-8-10(16)7-11(14)13(12)15/h7-9,17H,4-6,16H2,1-3H3. The predicted octanol–water partition coefficient (Wildman–Crippen LogP) is 2.07. The lowest BCUT2D eigenvalue weighted by atomic mass is 10.3. The number of nitrogens with two attached hydrogens (primary N) is 1. The van der Waals surface area contributed by atoms with Crippen LogP contribution in [0.4, 0.5) is 10.1 Å². The Balaban J connectivity index is 2.71. The van der Waals surface area contributed by atoms with Crippen molar-refractivity contribution in [3.8, 4) is 0 Å². The molecule has 1 aromatic rings. The molecule has 0 aromatic heterocycles. The van der Waals surface area contributed by atoms with Gasteiger partial charge in [-0.3, -0.25) is 0 Å². The van der Waals surface area contributed by atoms with Gasteiger partial charge in [0, 0.05) is 18.3 Å². The molecule has 1 aromatic carbocycles. The molecule has 0 bridgehead atoms. The van der Waals surface area contributed by atoms with Crippen molar-refractivity contribution in [2.24, 2.45) is 0 Å². The lowest BCUT2D eigenvalue weighted by Gasteiger charge is -2.20. The second-order valence-electron chi connectivity index (χ2n) is 5.14. The third kappa shape index (κ3) is 5.10. The number of hydrogen-bond acceptors (Lipinski definition) is 4. The van der Waals surface area contributed by atoms with Gasteiger partial charge in [0.15, 0.2) is 5.82 Å². The summed E-state index contributed by atoms with van der Waals surface area (Å²) in [5.41, 5.74) is 5.60. The van der Waals surface area contributed by atoms with Crippen LogP contribution in [0, 0.1) is 5.82 Å². The van der Waals surface area contributed by atoms with Gasteiger partial charge in [0.1, 0.15) is 4.90 Å². The van der Waals surface area contributed by atoms with Gasteiger partial charge in [-0.05, 0) is 46.0 Å². The molecule has 0 radical (unpaired) electrons. The van der Waals surface area contributed by atoms with E-state index in [1.54, 1.807) is 0 Å². The Bertz CT molecular complexity index is 593. The van der Waals surface area contributed by atoms with E-state index in [1.165, 1.54) is 6.07 Å². The third-order valence-electron chi connectivity index (χ3n) is 3.17. The fourth-order valence-corrected chi connectivity index (χ4v) is 3.14. The molecular weight excluding hydrogens is 317 g/mol. The van der Waals surface area contributed by atoms with Gasteiger partial charge < -0.3 is 10.6 Å². The molecule has 8 heteroatoms. The quantitative estimate of drug-likeness (QED) is 0.590. The summed E-state index contributed by atoms with van der Waals surface area (Å²) in [6.07, 6.45) is 0.617. The van der Waals surface area contributed by atoms with Crippen LogP contribution in [-0.2, 0) is 10.0 Å². The summed E-state index contributed by atoms with van der Waals surface area (Å²) in [4.78, 5) is 1.57. The minimum Gasteiger partial charge on any atom is -0.399 e. The van der Waals surface area contributed by atoms with E-state index in [0.29, 0.717) is 12.5 Å². The van der Waals surface area contributed by atoms with Crippen molar-refractivity contribution in [1.82, 2.24) is 9.62 Å². The average molecular weight is 338 g/mol. The molecular formula is C13H21ClFN3O2S. The van der Waals surface area contributed by atoms with E-state index >= 15 is 0 Å². The number of nitrogens with one attached hydrogen (secondary N) is 1. The Morgan fingerprint density at radius 2 is 2.05 bits per heavy atom. The van der Waals surface area contributed by atoms with Crippen LogP contribution in [-0.4, -0.2) is 39.5 Å². The van der Waals surface area contributed by atoms with Crippen LogP contribution >= 0.6 is 11.6 Å². The number of rotatable bonds is 7. The molecule has 0 saturated carbocycles. The number of hydrogen-bond donors (Lipinski definition) is 2. The molecule has 0 saturated heterocycles. The maximum atomic E-state index is 13.8. The highest BCUT2D eigenvalue weighted by molar-refractivity contribution is 7.89. The summed E-state index contributed by atoms with van der Waals surface area (Å²) < 4.78 is 40.3. The van der Waals surface area contributed by atoms with Crippen molar-refractivity contribution in [3.63, 3.8) is 0 Å². The number of benzene rings is 1. The fraction of sp³-hybridized carbons (Fsp3) is 0.538. The molecule has 0 aliphatic carbocycles. The largest absolute Gasteiger partial charge is 0.399 e. The number of anilines is 1. The van der Waals surface area contributed by atoms with Crippen molar-refractivity contribution < 1.29 is 12.8 Å². The molecule has 0 heterocycles. The summed E-state index contributed by atoms with van der Waals surface area (Å²) in [7, 11) is -2.01. The molecule has 21 heavy (non-hydrogen) atoms. The van der Waals surface area contributed by atoms with Crippen LogP contribution in [0.2, 0.25) is 5.02 Å². The smallest absolute Gasteiger partial charge is 0.243 e. The molecule has 5 nitrogen and oxygen atoms in total. The van der Waals surface area contributed by atoms with E-state index in [1.807, 2.05) is 20.9 Å². The lowest BCUT2D eigenvalue weighted by Crippen LogP contribution is -2.31. The number of sulfonamides is 1. The van der Waals surface area contributed by atoms with Crippen LogP contribution in [0.15, 0.2) is 17.0 Å². The molecule has 3 N–H and O–H groups in total. The molecule has 0 fully saturated rings. The third-order valence-corrected chi connectivity index (χ3v) is 4.90. The van der Waals surface area contributed by atoms with Gasteiger partial charge in [-0.2, -0.15) is 0 Å². The highest BCUT2D eigenvalue weighted by Gasteiger charge is 2.21. The van der Waals surface area contributed by atoms with Gasteiger partial charge in [0.25, 0.3) is 0 Å². The summed E-state index contributed by atoms with van der Waals surface area (Å²) in [6.45, 7) is 5.05. The minimum absolute atomic E-state index is 0.0984. The highest BCUT2D eigenvalue weighted by atomic mass is 35.5. The van der Waals surface area contributed by atoms with Crippen molar-refractivity contribution in [2.75, 3.05) is 25.9 Å². The molecule has 0 aliphatic heterocycles. The molecule has 0 unspecified atom stereocenters. The maximum Gasteiger partial charge on any atom is 0.243 e. The Labute approximate surface area is 130 Å². The van der Waals surface area contributed by atoms with Gasteiger partial charge in [-0.25, -0.2) is 17.5 Å². The normalized spacial score (nSPS) is 12.3. The summed E-state index contributed by atoms with van der Waals surface area (Å²) in [5.74, 6) is -0.988. The van der Waals surface area contributed by atoms with Crippen molar-refractivity contribution in [3.05, 3.63) is 23.0 Å². The lowest BCUT2D eigenvalue weighted by molar-refractivity contribution is 0.271. The Kier molecular flexibility index (Phi) is 6.40. The Morgan fingerprint density at radius 1 is 1.43 bits per heavy atom. The van der Waals surface area contributed by atoms with E-state index in [2.05, 4.69) is 9.62 Å². The van der Waals surface area contributed by atoms with Crippen LogP contribution in [0.5, 0.6) is 0 Å². The Morgan fingerprint density at radius 3 is 2.62 bits per heavy atom. The van der Waals surface area contributed by atoms with E-state index in [-0.39, 0.29) is 17.3 Å². The number of nitrogens with zero attached hydrogens (tertiary/aromatic N) is 1. The first-order valence-corrected chi connectivity index (χ1v) is 8.45. The van der Waals surface area contributed by atoms with Crippen LogP contribution in [0.3, 0.4) is 0 Å². The zero-order valence-corrected chi connectivity index (χ0v) is 13.9. The monoisotopic (exact) mass is 337 g/mol.